The fourth-order valence-corrected chi connectivity index (χ4v) is 4.27. The second-order valence-corrected chi connectivity index (χ2v) is 8.56. The van der Waals surface area contributed by atoms with Crippen molar-refractivity contribution in [2.24, 2.45) is 10.2 Å². The average Bonchev–Trinajstić information content (AvgIpc) is 3.10. The minimum atomic E-state index is 0.779. The maximum Gasteiger partial charge on any atom is 0.215 e. The summed E-state index contributed by atoms with van der Waals surface area (Å²) in [5.41, 5.74) is 4.92. The van der Waals surface area contributed by atoms with E-state index in [-0.39, 0.29) is 0 Å². The Morgan fingerprint density at radius 1 is 0.966 bits per heavy atom. The molecule has 2 aromatic carbocycles. The molecule has 0 spiro atoms. The molecular formula is C23H19BrN4S. The molecule has 2 heterocycles. The highest BCUT2D eigenvalue weighted by Gasteiger charge is 2.14. The third-order valence-corrected chi connectivity index (χ3v) is 5.92. The number of aryl methyl sites for hydroxylation is 1. The van der Waals surface area contributed by atoms with Crippen molar-refractivity contribution in [3.63, 3.8) is 0 Å². The largest absolute Gasteiger partial charge is 0.283 e. The molecule has 0 amide bonds. The van der Waals surface area contributed by atoms with Crippen molar-refractivity contribution < 1.29 is 0 Å². The van der Waals surface area contributed by atoms with Gasteiger partial charge in [-0.05, 0) is 55.8 Å². The quantitative estimate of drug-likeness (QED) is 0.271. The van der Waals surface area contributed by atoms with Gasteiger partial charge in [-0.3, -0.25) is 9.55 Å². The Balaban J connectivity index is 1.91. The molecular weight excluding hydrogens is 444 g/mol. The van der Waals surface area contributed by atoms with Crippen molar-refractivity contribution >= 4 is 33.0 Å². The third kappa shape index (κ3) is 4.28. The highest BCUT2D eigenvalue weighted by molar-refractivity contribution is 9.10. The molecule has 0 radical (unpaired) electrons. The number of pyridine rings is 1. The highest BCUT2D eigenvalue weighted by Crippen LogP contribution is 2.29. The van der Waals surface area contributed by atoms with Crippen LogP contribution in [0.15, 0.2) is 93.7 Å². The van der Waals surface area contributed by atoms with E-state index in [1.807, 2.05) is 43.3 Å². The Morgan fingerprint density at radius 2 is 1.69 bits per heavy atom. The second-order valence-electron chi connectivity index (χ2n) is 6.47. The molecule has 0 aliphatic carbocycles. The van der Waals surface area contributed by atoms with Gasteiger partial charge in [0, 0.05) is 21.2 Å². The summed E-state index contributed by atoms with van der Waals surface area (Å²) in [4.78, 5) is 6.35. The summed E-state index contributed by atoms with van der Waals surface area (Å²) >= 11 is 5.15. The number of aromatic nitrogens is 2. The zero-order valence-corrected chi connectivity index (χ0v) is 18.5. The molecule has 0 saturated carbocycles. The van der Waals surface area contributed by atoms with E-state index < -0.39 is 0 Å². The third-order valence-electron chi connectivity index (χ3n) is 4.45. The Morgan fingerprint density at radius 3 is 2.38 bits per heavy atom. The van der Waals surface area contributed by atoms with Crippen molar-refractivity contribution in [3.8, 4) is 16.9 Å². The summed E-state index contributed by atoms with van der Waals surface area (Å²) in [5, 5.41) is 9.08. The summed E-state index contributed by atoms with van der Waals surface area (Å²) in [6.07, 6.45) is 1.76. The highest BCUT2D eigenvalue weighted by atomic mass is 79.9. The fraction of sp³-hybridized carbons (Fsp3) is 0.0870. The van der Waals surface area contributed by atoms with Crippen LogP contribution in [0.25, 0.3) is 16.9 Å². The van der Waals surface area contributed by atoms with Crippen LogP contribution in [-0.4, -0.2) is 15.3 Å². The first-order chi connectivity index (χ1) is 14.1. The molecule has 4 aromatic rings. The predicted molar refractivity (Wildman–Crippen MR) is 124 cm³/mol. The van der Waals surface area contributed by atoms with Gasteiger partial charge in [0.15, 0.2) is 0 Å². The SMILES string of the molecule is C/C(=N\N=c1/sc(C)c(-c2ccc(Br)cc2)n1-c1ccccc1)c1ccccn1. The first-order valence-corrected chi connectivity index (χ1v) is 10.8. The molecule has 0 aliphatic heterocycles. The monoisotopic (exact) mass is 462 g/mol. The lowest BCUT2D eigenvalue weighted by atomic mass is 10.1. The van der Waals surface area contributed by atoms with Crippen LogP contribution in [0.1, 0.15) is 17.5 Å². The van der Waals surface area contributed by atoms with Gasteiger partial charge in [0.25, 0.3) is 0 Å². The lowest BCUT2D eigenvalue weighted by Gasteiger charge is -2.10. The van der Waals surface area contributed by atoms with E-state index in [1.165, 1.54) is 4.88 Å². The van der Waals surface area contributed by atoms with E-state index in [4.69, 9.17) is 0 Å². The zero-order chi connectivity index (χ0) is 20.2. The number of rotatable bonds is 4. The Bertz CT molecular complexity index is 1210. The fourth-order valence-electron chi connectivity index (χ4n) is 3.05. The van der Waals surface area contributed by atoms with Gasteiger partial charge in [-0.15, -0.1) is 5.10 Å². The molecule has 0 fully saturated rings. The number of benzene rings is 2. The van der Waals surface area contributed by atoms with Crippen LogP contribution >= 0.6 is 27.3 Å². The number of nitrogens with zero attached hydrogens (tertiary/aromatic N) is 4. The summed E-state index contributed by atoms with van der Waals surface area (Å²) in [6.45, 7) is 4.05. The molecule has 0 unspecified atom stereocenters. The molecule has 2 aromatic heterocycles. The van der Waals surface area contributed by atoms with E-state index in [0.717, 1.165) is 37.6 Å². The molecule has 29 heavy (non-hydrogen) atoms. The Hall–Kier alpha value is -2.83. The van der Waals surface area contributed by atoms with Gasteiger partial charge in [0.05, 0.1) is 17.1 Å². The van der Waals surface area contributed by atoms with E-state index in [9.17, 15) is 0 Å². The topological polar surface area (TPSA) is 42.5 Å². The van der Waals surface area contributed by atoms with Crippen LogP contribution in [0.3, 0.4) is 0 Å². The molecule has 4 rings (SSSR count). The van der Waals surface area contributed by atoms with Crippen molar-refractivity contribution in [1.29, 1.82) is 0 Å². The van der Waals surface area contributed by atoms with Gasteiger partial charge in [-0.1, -0.05) is 63.7 Å². The molecule has 6 heteroatoms. The van der Waals surface area contributed by atoms with Gasteiger partial charge in [0.1, 0.15) is 0 Å². The molecule has 0 N–H and O–H groups in total. The van der Waals surface area contributed by atoms with E-state index in [0.29, 0.717) is 0 Å². The van der Waals surface area contributed by atoms with Gasteiger partial charge in [-0.25, -0.2) is 0 Å². The zero-order valence-electron chi connectivity index (χ0n) is 16.1. The molecule has 4 nitrogen and oxygen atoms in total. The van der Waals surface area contributed by atoms with Crippen LogP contribution in [-0.2, 0) is 0 Å². The van der Waals surface area contributed by atoms with Gasteiger partial charge >= 0.3 is 0 Å². The number of hydrogen-bond acceptors (Lipinski definition) is 4. The molecule has 0 atom stereocenters. The standard InChI is InChI=1S/C23H19BrN4S/c1-16(21-10-6-7-15-25-21)26-27-23-28(20-8-4-3-5-9-20)22(17(2)29-23)18-11-13-19(24)14-12-18/h3-15H,1-2H3/b26-16+,27-23-. The van der Waals surface area contributed by atoms with Crippen LogP contribution < -0.4 is 4.80 Å². The molecule has 0 bridgehead atoms. The maximum atomic E-state index is 4.60. The van der Waals surface area contributed by atoms with Crippen LogP contribution in [0.5, 0.6) is 0 Å². The van der Waals surface area contributed by atoms with Crippen LogP contribution in [0, 0.1) is 6.92 Å². The van der Waals surface area contributed by atoms with Crippen molar-refractivity contribution in [1.82, 2.24) is 9.55 Å². The predicted octanol–water partition coefficient (Wildman–Crippen LogP) is 6.00. The van der Waals surface area contributed by atoms with Gasteiger partial charge in [0.2, 0.25) is 4.80 Å². The summed E-state index contributed by atoms with van der Waals surface area (Å²) in [6, 6.07) is 24.4. The van der Waals surface area contributed by atoms with Gasteiger partial charge < -0.3 is 0 Å². The lowest BCUT2D eigenvalue weighted by Crippen LogP contribution is -2.14. The van der Waals surface area contributed by atoms with Crippen LogP contribution in [0.2, 0.25) is 0 Å². The molecule has 0 aliphatic rings. The Labute approximate surface area is 182 Å². The van der Waals surface area contributed by atoms with Gasteiger partial charge in [-0.2, -0.15) is 5.10 Å². The number of para-hydroxylation sites is 1. The van der Waals surface area contributed by atoms with Crippen LogP contribution in [0.4, 0.5) is 0 Å². The van der Waals surface area contributed by atoms with E-state index in [2.05, 4.69) is 79.0 Å². The maximum absolute atomic E-state index is 4.60. The minimum Gasteiger partial charge on any atom is -0.283 e. The lowest BCUT2D eigenvalue weighted by molar-refractivity contribution is 0.966. The first-order valence-electron chi connectivity index (χ1n) is 9.17. The summed E-state index contributed by atoms with van der Waals surface area (Å²) < 4.78 is 3.22. The number of halogens is 1. The Kier molecular flexibility index (Phi) is 5.83. The van der Waals surface area contributed by atoms with Crippen molar-refractivity contribution in [2.45, 2.75) is 13.8 Å². The van der Waals surface area contributed by atoms with E-state index in [1.54, 1.807) is 17.5 Å². The van der Waals surface area contributed by atoms with Crippen molar-refractivity contribution in [3.05, 3.63) is 98.8 Å². The average molecular weight is 463 g/mol. The summed E-state index contributed by atoms with van der Waals surface area (Å²) in [5.74, 6) is 0. The molecule has 0 saturated heterocycles. The van der Waals surface area contributed by atoms with Crippen molar-refractivity contribution in [2.75, 3.05) is 0 Å². The first kappa shape index (κ1) is 19.5. The number of thiazole rings is 1. The molecule has 144 valence electrons. The minimum absolute atomic E-state index is 0.779. The normalized spacial score (nSPS) is 12.4. The smallest absolute Gasteiger partial charge is 0.215 e. The number of hydrogen-bond donors (Lipinski definition) is 0. The second kappa shape index (κ2) is 8.68. The van der Waals surface area contributed by atoms with E-state index >= 15 is 0 Å². The summed E-state index contributed by atoms with van der Waals surface area (Å²) in [7, 11) is 0.